The Balaban J connectivity index is 1.72. The highest BCUT2D eigenvalue weighted by molar-refractivity contribution is 6.32. The van der Waals surface area contributed by atoms with Gasteiger partial charge in [0.1, 0.15) is 17.9 Å². The van der Waals surface area contributed by atoms with Crippen LogP contribution < -0.4 is 9.64 Å². The van der Waals surface area contributed by atoms with Gasteiger partial charge in [-0.15, -0.1) is 11.6 Å². The average Bonchev–Trinajstić information content (AvgIpc) is 2.70. The van der Waals surface area contributed by atoms with Crippen molar-refractivity contribution in [3.05, 3.63) is 41.2 Å². The van der Waals surface area contributed by atoms with E-state index in [0.29, 0.717) is 42.2 Å². The zero-order valence-corrected chi connectivity index (χ0v) is 18.7. The smallest absolute Gasteiger partial charge is 0.229 e. The number of carbonyl (C=O) groups is 1. The van der Waals surface area contributed by atoms with Crippen LogP contribution in [-0.4, -0.2) is 52.3 Å². The first kappa shape index (κ1) is 21.7. The van der Waals surface area contributed by atoms with Crippen molar-refractivity contribution >= 4 is 34.9 Å². The molecular weight excluding hydrogens is 411 g/mol. The number of ether oxygens (including phenoxy) is 1. The number of carbonyl (C=O) groups excluding carboxylic acids is 1. The third-order valence-electron chi connectivity index (χ3n) is 5.05. The lowest BCUT2D eigenvalue weighted by atomic mass is 9.93. The summed E-state index contributed by atoms with van der Waals surface area (Å²) >= 11 is 12.2. The fourth-order valence-corrected chi connectivity index (χ4v) is 3.54. The summed E-state index contributed by atoms with van der Waals surface area (Å²) < 4.78 is 5.88. The number of nitrogens with zero attached hydrogens (tertiary/aromatic N) is 4. The molecule has 3 rings (SSSR count). The highest BCUT2D eigenvalue weighted by atomic mass is 35.5. The molecule has 0 aliphatic carbocycles. The van der Waals surface area contributed by atoms with Crippen LogP contribution in [0.5, 0.6) is 11.6 Å². The van der Waals surface area contributed by atoms with Crippen LogP contribution in [0.15, 0.2) is 30.6 Å². The number of alkyl halides is 1. The van der Waals surface area contributed by atoms with E-state index in [1.165, 1.54) is 6.33 Å². The molecule has 0 spiro atoms. The molecule has 29 heavy (non-hydrogen) atoms. The lowest BCUT2D eigenvalue weighted by molar-refractivity contribution is -0.141. The fraction of sp³-hybridized carbons (Fsp3) is 0.476. The summed E-state index contributed by atoms with van der Waals surface area (Å²) in [4.78, 5) is 25.4. The molecule has 0 bridgehead atoms. The molecule has 6 nitrogen and oxygen atoms in total. The van der Waals surface area contributed by atoms with Gasteiger partial charge in [-0.05, 0) is 45.4 Å². The lowest BCUT2D eigenvalue weighted by Crippen LogP contribution is -2.57. The minimum Gasteiger partial charge on any atom is -0.437 e. The van der Waals surface area contributed by atoms with Gasteiger partial charge in [0.05, 0.1) is 10.4 Å². The molecule has 8 heteroatoms. The SMILES string of the molecule is Cc1ccc(Cl)c(Oc2cc(N3CCN(C(=O)C(C)(C)CCl)[C@@H](C)C3)ncn2)c1. The van der Waals surface area contributed by atoms with Crippen LogP contribution in [0.1, 0.15) is 26.3 Å². The lowest BCUT2D eigenvalue weighted by Gasteiger charge is -2.43. The number of amides is 1. The number of hydrogen-bond donors (Lipinski definition) is 0. The Bertz CT molecular complexity index is 891. The third-order valence-corrected chi connectivity index (χ3v) is 6.03. The van der Waals surface area contributed by atoms with Gasteiger partial charge in [-0.25, -0.2) is 9.97 Å². The van der Waals surface area contributed by atoms with Crippen LogP contribution in [0.25, 0.3) is 0 Å². The Labute approximate surface area is 181 Å². The second kappa shape index (κ2) is 8.76. The summed E-state index contributed by atoms with van der Waals surface area (Å²) in [6.45, 7) is 9.74. The van der Waals surface area contributed by atoms with Gasteiger partial charge >= 0.3 is 0 Å². The number of anilines is 1. The van der Waals surface area contributed by atoms with E-state index in [0.717, 1.165) is 11.4 Å². The van der Waals surface area contributed by atoms with E-state index in [4.69, 9.17) is 27.9 Å². The topological polar surface area (TPSA) is 58.6 Å². The molecule has 1 saturated heterocycles. The molecule has 1 aliphatic rings. The molecule has 1 aromatic heterocycles. The molecule has 1 atom stereocenters. The number of hydrogen-bond acceptors (Lipinski definition) is 5. The Morgan fingerprint density at radius 1 is 1.28 bits per heavy atom. The molecule has 0 unspecified atom stereocenters. The molecule has 1 fully saturated rings. The highest BCUT2D eigenvalue weighted by Crippen LogP contribution is 2.31. The predicted octanol–water partition coefficient (Wildman–Crippen LogP) is 4.53. The Morgan fingerprint density at radius 3 is 2.72 bits per heavy atom. The molecule has 1 aromatic carbocycles. The van der Waals surface area contributed by atoms with Crippen molar-refractivity contribution in [1.29, 1.82) is 0 Å². The first-order chi connectivity index (χ1) is 13.7. The van der Waals surface area contributed by atoms with Crippen molar-refractivity contribution < 1.29 is 9.53 Å². The summed E-state index contributed by atoms with van der Waals surface area (Å²) in [6.07, 6.45) is 1.48. The predicted molar refractivity (Wildman–Crippen MR) is 116 cm³/mol. The summed E-state index contributed by atoms with van der Waals surface area (Å²) in [5.41, 5.74) is 0.481. The molecule has 1 amide bonds. The first-order valence-electron chi connectivity index (χ1n) is 9.59. The number of piperazine rings is 1. The minimum atomic E-state index is -0.568. The van der Waals surface area contributed by atoms with E-state index in [9.17, 15) is 4.79 Å². The quantitative estimate of drug-likeness (QED) is 0.644. The van der Waals surface area contributed by atoms with Crippen molar-refractivity contribution in [2.24, 2.45) is 5.41 Å². The van der Waals surface area contributed by atoms with Crippen molar-refractivity contribution in [3.63, 3.8) is 0 Å². The van der Waals surface area contributed by atoms with Gasteiger partial charge in [-0.1, -0.05) is 17.7 Å². The molecule has 0 saturated carbocycles. The van der Waals surface area contributed by atoms with Crippen molar-refractivity contribution in [3.8, 4) is 11.6 Å². The number of benzene rings is 1. The standard InChI is InChI=1S/C21H26Cl2N4O2/c1-14-5-6-16(23)17(9-14)29-19-10-18(24-13-25-19)26-7-8-27(15(2)11-26)20(28)21(3,4)12-22/h5-6,9-10,13,15H,7-8,11-12H2,1-4H3/t15-/m0/s1. The zero-order valence-electron chi connectivity index (χ0n) is 17.2. The van der Waals surface area contributed by atoms with E-state index in [1.807, 2.05) is 44.7 Å². The van der Waals surface area contributed by atoms with Gasteiger partial charge < -0.3 is 14.5 Å². The fourth-order valence-electron chi connectivity index (χ4n) is 3.27. The van der Waals surface area contributed by atoms with Crippen molar-refractivity contribution in [2.45, 2.75) is 33.7 Å². The summed E-state index contributed by atoms with van der Waals surface area (Å²) in [5.74, 6) is 2.13. The van der Waals surface area contributed by atoms with Gasteiger partial charge in [-0.2, -0.15) is 0 Å². The van der Waals surface area contributed by atoms with Crippen LogP contribution in [0.3, 0.4) is 0 Å². The number of aromatic nitrogens is 2. The second-order valence-corrected chi connectivity index (χ2v) is 8.74. The van der Waals surface area contributed by atoms with Crippen LogP contribution in [-0.2, 0) is 4.79 Å². The van der Waals surface area contributed by atoms with E-state index in [-0.39, 0.29) is 11.9 Å². The molecule has 156 valence electrons. The van der Waals surface area contributed by atoms with Gasteiger partial charge in [-0.3, -0.25) is 4.79 Å². The van der Waals surface area contributed by atoms with Gasteiger partial charge in [0.25, 0.3) is 0 Å². The van der Waals surface area contributed by atoms with Gasteiger partial charge in [0.15, 0.2) is 0 Å². The van der Waals surface area contributed by atoms with E-state index in [2.05, 4.69) is 14.9 Å². The maximum atomic E-state index is 12.8. The van der Waals surface area contributed by atoms with Crippen LogP contribution in [0.4, 0.5) is 5.82 Å². The van der Waals surface area contributed by atoms with E-state index < -0.39 is 5.41 Å². The molecule has 0 radical (unpaired) electrons. The molecule has 2 heterocycles. The largest absolute Gasteiger partial charge is 0.437 e. The Morgan fingerprint density at radius 2 is 2.03 bits per heavy atom. The normalized spacial score (nSPS) is 17.4. The van der Waals surface area contributed by atoms with Crippen molar-refractivity contribution in [2.75, 3.05) is 30.4 Å². The summed E-state index contributed by atoms with van der Waals surface area (Å²) in [6, 6.07) is 7.44. The molecule has 0 N–H and O–H groups in total. The van der Waals surface area contributed by atoms with E-state index in [1.54, 1.807) is 12.1 Å². The summed E-state index contributed by atoms with van der Waals surface area (Å²) in [5, 5.41) is 0.526. The highest BCUT2D eigenvalue weighted by Gasteiger charge is 2.36. The molecule has 2 aromatic rings. The van der Waals surface area contributed by atoms with Gasteiger partial charge in [0.2, 0.25) is 11.8 Å². The Hall–Kier alpha value is -2.05. The maximum Gasteiger partial charge on any atom is 0.229 e. The molecular formula is C21H26Cl2N4O2. The van der Waals surface area contributed by atoms with Gasteiger partial charge in [0, 0.05) is 37.6 Å². The van der Waals surface area contributed by atoms with Crippen LogP contribution in [0.2, 0.25) is 5.02 Å². The zero-order chi connectivity index (χ0) is 21.2. The number of aryl methyl sites for hydroxylation is 1. The third kappa shape index (κ3) is 4.93. The first-order valence-corrected chi connectivity index (χ1v) is 10.5. The second-order valence-electron chi connectivity index (χ2n) is 8.06. The van der Waals surface area contributed by atoms with Crippen molar-refractivity contribution in [1.82, 2.24) is 14.9 Å². The van der Waals surface area contributed by atoms with E-state index >= 15 is 0 Å². The monoisotopic (exact) mass is 436 g/mol. The average molecular weight is 437 g/mol. The van der Waals surface area contributed by atoms with Crippen LogP contribution >= 0.6 is 23.2 Å². The Kier molecular flexibility index (Phi) is 6.54. The number of halogens is 2. The van der Waals surface area contributed by atoms with Crippen LogP contribution in [0, 0.1) is 12.3 Å². The summed E-state index contributed by atoms with van der Waals surface area (Å²) in [7, 11) is 0. The number of rotatable bonds is 5. The maximum absolute atomic E-state index is 12.8. The minimum absolute atomic E-state index is 0.0456. The molecule has 1 aliphatic heterocycles.